The molecule has 0 aliphatic carbocycles. The van der Waals surface area contributed by atoms with E-state index in [9.17, 15) is 9.50 Å². The van der Waals surface area contributed by atoms with Gasteiger partial charge >= 0.3 is 0 Å². The summed E-state index contributed by atoms with van der Waals surface area (Å²) in [6.07, 6.45) is 2.00. The fourth-order valence-electron chi connectivity index (χ4n) is 2.10. The van der Waals surface area contributed by atoms with Crippen molar-refractivity contribution < 1.29 is 9.50 Å². The van der Waals surface area contributed by atoms with Gasteiger partial charge in [0.15, 0.2) is 0 Å². The van der Waals surface area contributed by atoms with E-state index in [1.165, 1.54) is 18.5 Å². The SMILES string of the molecule is CCCn1ncnc1CC(O)c1cc(F)ccc1C. The second kappa shape index (κ2) is 5.93. The summed E-state index contributed by atoms with van der Waals surface area (Å²) in [5.41, 5.74) is 1.47. The predicted molar refractivity (Wildman–Crippen MR) is 70.1 cm³/mol. The Hall–Kier alpha value is -1.75. The third kappa shape index (κ3) is 3.17. The van der Waals surface area contributed by atoms with Gasteiger partial charge < -0.3 is 5.11 Å². The topological polar surface area (TPSA) is 50.9 Å². The zero-order valence-electron chi connectivity index (χ0n) is 11.2. The van der Waals surface area contributed by atoms with Crippen LogP contribution in [0.5, 0.6) is 0 Å². The van der Waals surface area contributed by atoms with Crippen LogP contribution in [0.1, 0.15) is 36.4 Å². The smallest absolute Gasteiger partial charge is 0.138 e. The molecule has 0 spiro atoms. The lowest BCUT2D eigenvalue weighted by Crippen LogP contribution is -2.11. The van der Waals surface area contributed by atoms with E-state index in [4.69, 9.17) is 0 Å². The quantitative estimate of drug-likeness (QED) is 0.901. The number of hydrogen-bond donors (Lipinski definition) is 1. The molecule has 5 heteroatoms. The number of aliphatic hydroxyl groups excluding tert-OH is 1. The molecule has 0 saturated heterocycles. The van der Waals surface area contributed by atoms with Gasteiger partial charge in [0.1, 0.15) is 18.0 Å². The average Bonchev–Trinajstić information content (AvgIpc) is 2.80. The average molecular weight is 263 g/mol. The van der Waals surface area contributed by atoms with E-state index in [1.807, 2.05) is 6.92 Å². The van der Waals surface area contributed by atoms with Crippen molar-refractivity contribution in [1.82, 2.24) is 14.8 Å². The van der Waals surface area contributed by atoms with Gasteiger partial charge in [0.2, 0.25) is 0 Å². The molecule has 0 fully saturated rings. The fourth-order valence-corrected chi connectivity index (χ4v) is 2.10. The molecule has 1 atom stereocenters. The normalized spacial score (nSPS) is 12.6. The Kier molecular flexibility index (Phi) is 4.27. The highest BCUT2D eigenvalue weighted by Crippen LogP contribution is 2.21. The maximum atomic E-state index is 13.2. The van der Waals surface area contributed by atoms with Crippen molar-refractivity contribution in [3.63, 3.8) is 0 Å². The standard InChI is InChI=1S/C14H18FN3O/c1-3-6-18-14(16-9-17-18)8-13(19)12-7-11(15)5-4-10(12)2/h4-5,7,9,13,19H,3,6,8H2,1-2H3. The Morgan fingerprint density at radius 2 is 2.21 bits per heavy atom. The van der Waals surface area contributed by atoms with Crippen LogP contribution in [0.25, 0.3) is 0 Å². The van der Waals surface area contributed by atoms with Crippen LogP contribution in [0.2, 0.25) is 0 Å². The fraction of sp³-hybridized carbons (Fsp3) is 0.429. The largest absolute Gasteiger partial charge is 0.388 e. The first kappa shape index (κ1) is 13.7. The molecule has 4 nitrogen and oxygen atoms in total. The van der Waals surface area contributed by atoms with Crippen molar-refractivity contribution in [2.24, 2.45) is 0 Å². The summed E-state index contributed by atoms with van der Waals surface area (Å²) >= 11 is 0. The zero-order chi connectivity index (χ0) is 13.8. The van der Waals surface area contributed by atoms with Gasteiger partial charge in [-0.3, -0.25) is 4.68 Å². The van der Waals surface area contributed by atoms with Gasteiger partial charge in [-0.15, -0.1) is 0 Å². The molecule has 0 aliphatic heterocycles. The number of hydrogen-bond acceptors (Lipinski definition) is 3. The first-order valence-corrected chi connectivity index (χ1v) is 6.42. The van der Waals surface area contributed by atoms with E-state index in [-0.39, 0.29) is 5.82 Å². The Labute approximate surface area is 111 Å². The van der Waals surface area contributed by atoms with E-state index >= 15 is 0 Å². The molecule has 0 saturated carbocycles. The van der Waals surface area contributed by atoms with E-state index in [1.54, 1.807) is 10.7 Å². The summed E-state index contributed by atoms with van der Waals surface area (Å²) in [4.78, 5) is 4.15. The van der Waals surface area contributed by atoms with Gasteiger partial charge in [-0.05, 0) is 36.6 Å². The van der Waals surface area contributed by atoms with Crippen LogP contribution in [0, 0.1) is 12.7 Å². The third-order valence-corrected chi connectivity index (χ3v) is 3.11. The van der Waals surface area contributed by atoms with Gasteiger partial charge in [-0.25, -0.2) is 9.37 Å². The summed E-state index contributed by atoms with van der Waals surface area (Å²) in [6, 6.07) is 4.44. The molecule has 1 aromatic heterocycles. The lowest BCUT2D eigenvalue weighted by molar-refractivity contribution is 0.172. The van der Waals surface area contributed by atoms with Gasteiger partial charge in [-0.2, -0.15) is 5.10 Å². The minimum Gasteiger partial charge on any atom is -0.388 e. The number of nitrogens with zero attached hydrogens (tertiary/aromatic N) is 3. The van der Waals surface area contributed by atoms with Crippen molar-refractivity contribution in [3.8, 4) is 0 Å². The molecule has 0 bridgehead atoms. The lowest BCUT2D eigenvalue weighted by Gasteiger charge is -2.14. The van der Waals surface area contributed by atoms with Crippen LogP contribution in [0.15, 0.2) is 24.5 Å². The molecule has 19 heavy (non-hydrogen) atoms. The van der Waals surface area contributed by atoms with E-state index in [2.05, 4.69) is 17.0 Å². The van der Waals surface area contributed by atoms with Crippen LogP contribution in [0.3, 0.4) is 0 Å². The maximum absolute atomic E-state index is 13.2. The Bertz CT molecular complexity index is 553. The summed E-state index contributed by atoms with van der Waals surface area (Å²) in [5.74, 6) is 0.382. The second-order valence-corrected chi connectivity index (χ2v) is 4.62. The minimum absolute atomic E-state index is 0.338. The number of aliphatic hydroxyl groups is 1. The van der Waals surface area contributed by atoms with Crippen LogP contribution in [-0.2, 0) is 13.0 Å². The first-order chi connectivity index (χ1) is 9.11. The monoisotopic (exact) mass is 263 g/mol. The molecule has 0 aliphatic rings. The van der Waals surface area contributed by atoms with Crippen molar-refractivity contribution >= 4 is 0 Å². The predicted octanol–water partition coefficient (Wildman–Crippen LogP) is 2.41. The van der Waals surface area contributed by atoms with Crippen molar-refractivity contribution in [2.45, 2.75) is 39.3 Å². The number of halogens is 1. The van der Waals surface area contributed by atoms with Crippen LogP contribution in [-0.4, -0.2) is 19.9 Å². The van der Waals surface area contributed by atoms with Gasteiger partial charge in [-0.1, -0.05) is 13.0 Å². The maximum Gasteiger partial charge on any atom is 0.138 e. The molecule has 0 radical (unpaired) electrons. The molecule has 1 N–H and O–H groups in total. The summed E-state index contributed by atoms with van der Waals surface area (Å²) in [6.45, 7) is 4.68. The lowest BCUT2D eigenvalue weighted by atomic mass is 10.0. The molecule has 102 valence electrons. The first-order valence-electron chi connectivity index (χ1n) is 6.42. The molecule has 2 rings (SSSR count). The van der Waals surface area contributed by atoms with Crippen LogP contribution in [0.4, 0.5) is 4.39 Å². The third-order valence-electron chi connectivity index (χ3n) is 3.11. The molecule has 0 amide bonds. The summed E-state index contributed by atoms with van der Waals surface area (Å²) in [7, 11) is 0. The molecule has 1 heterocycles. The molecule has 1 aromatic carbocycles. The van der Waals surface area contributed by atoms with Crippen LogP contribution < -0.4 is 0 Å². The Morgan fingerprint density at radius 3 is 2.95 bits per heavy atom. The Morgan fingerprint density at radius 1 is 1.42 bits per heavy atom. The van der Waals surface area contributed by atoms with Crippen LogP contribution >= 0.6 is 0 Å². The molecule has 1 unspecified atom stereocenters. The number of benzene rings is 1. The van der Waals surface area contributed by atoms with Gasteiger partial charge in [0.25, 0.3) is 0 Å². The van der Waals surface area contributed by atoms with Gasteiger partial charge in [0, 0.05) is 13.0 Å². The van der Waals surface area contributed by atoms with E-state index < -0.39 is 6.10 Å². The van der Waals surface area contributed by atoms with Gasteiger partial charge in [0.05, 0.1) is 6.10 Å². The summed E-state index contributed by atoms with van der Waals surface area (Å²) < 4.78 is 15.0. The highest BCUT2D eigenvalue weighted by Gasteiger charge is 2.15. The minimum atomic E-state index is -0.768. The zero-order valence-corrected chi connectivity index (χ0v) is 11.2. The highest BCUT2D eigenvalue weighted by molar-refractivity contribution is 5.29. The number of aryl methyl sites for hydroxylation is 2. The van der Waals surface area contributed by atoms with E-state index in [0.29, 0.717) is 12.0 Å². The number of rotatable bonds is 5. The Balaban J connectivity index is 2.18. The van der Waals surface area contributed by atoms with Crippen molar-refractivity contribution in [2.75, 3.05) is 0 Å². The molecular formula is C14H18FN3O. The summed E-state index contributed by atoms with van der Waals surface area (Å²) in [5, 5.41) is 14.4. The number of aromatic nitrogens is 3. The van der Waals surface area contributed by atoms with E-state index in [0.717, 1.165) is 24.4 Å². The molecule has 2 aromatic rings. The molecular weight excluding hydrogens is 245 g/mol. The van der Waals surface area contributed by atoms with Crippen molar-refractivity contribution in [1.29, 1.82) is 0 Å². The van der Waals surface area contributed by atoms with Crippen molar-refractivity contribution in [3.05, 3.63) is 47.3 Å². The highest BCUT2D eigenvalue weighted by atomic mass is 19.1. The second-order valence-electron chi connectivity index (χ2n) is 4.62.